The Balaban J connectivity index is 2.93. The Morgan fingerprint density at radius 3 is 2.27 bits per heavy atom. The first-order valence-electron chi connectivity index (χ1n) is 4.60. The van der Waals surface area contributed by atoms with Crippen molar-refractivity contribution in [1.82, 2.24) is 5.43 Å². The van der Waals surface area contributed by atoms with Crippen LogP contribution in [-0.2, 0) is 6.42 Å². The zero-order chi connectivity index (χ0) is 11.5. The third-order valence-corrected chi connectivity index (χ3v) is 2.43. The van der Waals surface area contributed by atoms with Crippen LogP contribution in [0.15, 0.2) is 24.3 Å². The standard InChI is InChI=1S/C10H13ClF2N2/c1-2-7-3-5-8(6-4-7)9(15-14)10(11,12)13/h3-6,9,15H,2,14H2,1H3. The molecule has 1 aromatic carbocycles. The van der Waals surface area contributed by atoms with E-state index >= 15 is 0 Å². The second-order valence-electron chi connectivity index (χ2n) is 3.24. The quantitative estimate of drug-likeness (QED) is 0.477. The molecule has 2 nitrogen and oxygen atoms in total. The number of aryl methyl sites for hydroxylation is 1. The fraction of sp³-hybridized carbons (Fsp3) is 0.400. The molecule has 0 aliphatic heterocycles. The molecule has 0 saturated heterocycles. The predicted molar refractivity (Wildman–Crippen MR) is 56.7 cm³/mol. The van der Waals surface area contributed by atoms with Crippen molar-refractivity contribution in [3.8, 4) is 0 Å². The van der Waals surface area contributed by atoms with Crippen molar-refractivity contribution in [2.75, 3.05) is 0 Å². The molecular formula is C10H13ClF2N2. The molecule has 1 unspecified atom stereocenters. The summed E-state index contributed by atoms with van der Waals surface area (Å²) in [5, 5.41) is -3.40. The van der Waals surface area contributed by atoms with Crippen LogP contribution in [0, 0.1) is 0 Å². The number of alkyl halides is 3. The lowest BCUT2D eigenvalue weighted by molar-refractivity contribution is 0.0497. The van der Waals surface area contributed by atoms with E-state index in [0.717, 1.165) is 12.0 Å². The van der Waals surface area contributed by atoms with Gasteiger partial charge in [-0.1, -0.05) is 31.2 Å². The van der Waals surface area contributed by atoms with Gasteiger partial charge >= 0.3 is 5.38 Å². The fourth-order valence-corrected chi connectivity index (χ4v) is 1.51. The van der Waals surface area contributed by atoms with Crippen molar-refractivity contribution >= 4 is 11.6 Å². The molecule has 0 aromatic heterocycles. The fourth-order valence-electron chi connectivity index (χ4n) is 1.33. The summed E-state index contributed by atoms with van der Waals surface area (Å²) in [4.78, 5) is 0. The Morgan fingerprint density at radius 2 is 1.93 bits per heavy atom. The zero-order valence-corrected chi connectivity index (χ0v) is 9.06. The van der Waals surface area contributed by atoms with E-state index in [0.29, 0.717) is 5.56 Å². The summed E-state index contributed by atoms with van der Waals surface area (Å²) >= 11 is 4.93. The van der Waals surface area contributed by atoms with Crippen molar-refractivity contribution in [3.63, 3.8) is 0 Å². The van der Waals surface area contributed by atoms with Gasteiger partial charge in [-0.25, -0.2) is 5.43 Å². The molecule has 0 aliphatic rings. The predicted octanol–water partition coefficient (Wildman–Crippen LogP) is 2.58. The summed E-state index contributed by atoms with van der Waals surface area (Å²) in [6.07, 6.45) is 0.859. The van der Waals surface area contributed by atoms with Gasteiger partial charge in [-0.15, -0.1) is 0 Å². The Kier molecular flexibility index (Phi) is 4.02. The second kappa shape index (κ2) is 4.88. The van der Waals surface area contributed by atoms with Gasteiger partial charge in [-0.05, 0) is 29.1 Å². The van der Waals surface area contributed by atoms with Gasteiger partial charge < -0.3 is 0 Å². The summed E-state index contributed by atoms with van der Waals surface area (Å²) in [5.41, 5.74) is 3.46. The first-order valence-corrected chi connectivity index (χ1v) is 4.98. The van der Waals surface area contributed by atoms with Gasteiger partial charge in [0.2, 0.25) is 0 Å². The van der Waals surface area contributed by atoms with E-state index in [1.807, 2.05) is 12.3 Å². The Morgan fingerprint density at radius 1 is 1.40 bits per heavy atom. The van der Waals surface area contributed by atoms with Crippen molar-refractivity contribution in [3.05, 3.63) is 35.4 Å². The van der Waals surface area contributed by atoms with E-state index in [2.05, 4.69) is 0 Å². The molecule has 84 valence electrons. The third-order valence-electron chi connectivity index (χ3n) is 2.22. The lowest BCUT2D eigenvalue weighted by atomic mass is 10.0. The molecular weight excluding hydrogens is 222 g/mol. The van der Waals surface area contributed by atoms with Crippen LogP contribution < -0.4 is 11.3 Å². The number of hydrogen-bond donors (Lipinski definition) is 2. The molecule has 1 atom stereocenters. The Bertz CT molecular complexity index is 308. The van der Waals surface area contributed by atoms with Crippen LogP contribution in [-0.4, -0.2) is 5.38 Å². The highest BCUT2D eigenvalue weighted by Gasteiger charge is 2.37. The van der Waals surface area contributed by atoms with E-state index in [9.17, 15) is 8.78 Å². The highest BCUT2D eigenvalue weighted by molar-refractivity contribution is 6.22. The molecule has 0 radical (unpaired) electrons. The van der Waals surface area contributed by atoms with Crippen molar-refractivity contribution in [2.24, 2.45) is 5.84 Å². The summed E-state index contributed by atoms with van der Waals surface area (Å²) < 4.78 is 25.8. The van der Waals surface area contributed by atoms with E-state index in [1.54, 1.807) is 24.3 Å². The van der Waals surface area contributed by atoms with Gasteiger partial charge in [-0.3, -0.25) is 5.84 Å². The Labute approximate surface area is 92.4 Å². The summed E-state index contributed by atoms with van der Waals surface area (Å²) in [6, 6.07) is 5.38. The highest BCUT2D eigenvalue weighted by Crippen LogP contribution is 2.34. The van der Waals surface area contributed by atoms with E-state index in [1.165, 1.54) is 0 Å². The van der Waals surface area contributed by atoms with Crippen LogP contribution in [0.4, 0.5) is 8.78 Å². The smallest absolute Gasteiger partial charge is 0.271 e. The van der Waals surface area contributed by atoms with Gasteiger partial charge in [-0.2, -0.15) is 8.78 Å². The molecule has 0 bridgehead atoms. The van der Waals surface area contributed by atoms with Crippen molar-refractivity contribution < 1.29 is 8.78 Å². The number of nitrogens with one attached hydrogen (secondary N) is 1. The molecule has 0 spiro atoms. The monoisotopic (exact) mass is 234 g/mol. The van der Waals surface area contributed by atoms with Crippen molar-refractivity contribution in [1.29, 1.82) is 0 Å². The normalized spacial score (nSPS) is 13.9. The van der Waals surface area contributed by atoms with Crippen LogP contribution in [0.1, 0.15) is 24.1 Å². The summed E-state index contributed by atoms with van der Waals surface area (Å²) in [5.74, 6) is 5.05. The molecule has 1 rings (SSSR count). The van der Waals surface area contributed by atoms with Crippen LogP contribution in [0.2, 0.25) is 0 Å². The third kappa shape index (κ3) is 3.12. The molecule has 15 heavy (non-hydrogen) atoms. The van der Waals surface area contributed by atoms with Crippen LogP contribution in [0.5, 0.6) is 0 Å². The number of hydrogen-bond acceptors (Lipinski definition) is 2. The average molecular weight is 235 g/mol. The molecule has 1 aromatic rings. The lowest BCUT2D eigenvalue weighted by Gasteiger charge is -2.21. The molecule has 0 fully saturated rings. The molecule has 5 heteroatoms. The minimum Gasteiger partial charge on any atom is -0.271 e. The molecule has 0 heterocycles. The van der Waals surface area contributed by atoms with Gasteiger partial charge in [0, 0.05) is 0 Å². The number of benzene rings is 1. The SMILES string of the molecule is CCc1ccc(C(NN)C(F)(F)Cl)cc1. The van der Waals surface area contributed by atoms with Crippen LogP contribution in [0.25, 0.3) is 0 Å². The lowest BCUT2D eigenvalue weighted by Crippen LogP contribution is -2.37. The van der Waals surface area contributed by atoms with Crippen LogP contribution >= 0.6 is 11.6 Å². The Hall–Kier alpha value is -0.710. The van der Waals surface area contributed by atoms with Gasteiger partial charge in [0.25, 0.3) is 0 Å². The van der Waals surface area contributed by atoms with Gasteiger partial charge in [0.15, 0.2) is 0 Å². The molecule has 0 saturated carbocycles. The maximum Gasteiger partial charge on any atom is 0.342 e. The topological polar surface area (TPSA) is 38.0 Å². The minimum absolute atomic E-state index is 0.370. The number of halogens is 3. The summed E-state index contributed by atoms with van der Waals surface area (Å²) in [6.45, 7) is 1.99. The minimum atomic E-state index is -3.40. The molecule has 0 amide bonds. The van der Waals surface area contributed by atoms with E-state index in [-0.39, 0.29) is 0 Å². The second-order valence-corrected chi connectivity index (χ2v) is 3.74. The zero-order valence-electron chi connectivity index (χ0n) is 8.31. The number of nitrogens with two attached hydrogens (primary N) is 1. The van der Waals surface area contributed by atoms with E-state index in [4.69, 9.17) is 17.4 Å². The van der Waals surface area contributed by atoms with Gasteiger partial charge in [0.05, 0.1) is 0 Å². The maximum atomic E-state index is 12.9. The molecule has 3 N–H and O–H groups in total. The number of rotatable bonds is 4. The largest absolute Gasteiger partial charge is 0.342 e. The first-order chi connectivity index (χ1) is 6.99. The average Bonchev–Trinajstić information content (AvgIpc) is 2.18. The van der Waals surface area contributed by atoms with Crippen molar-refractivity contribution in [2.45, 2.75) is 24.8 Å². The maximum absolute atomic E-state index is 12.9. The molecule has 0 aliphatic carbocycles. The summed E-state index contributed by atoms with van der Waals surface area (Å²) in [7, 11) is 0. The number of hydrazine groups is 1. The van der Waals surface area contributed by atoms with E-state index < -0.39 is 11.4 Å². The highest BCUT2D eigenvalue weighted by atomic mass is 35.5. The first kappa shape index (κ1) is 12.4. The van der Waals surface area contributed by atoms with Gasteiger partial charge in [0.1, 0.15) is 6.04 Å². The van der Waals surface area contributed by atoms with Crippen LogP contribution in [0.3, 0.4) is 0 Å².